The van der Waals surface area contributed by atoms with Crippen molar-refractivity contribution in [2.24, 2.45) is 0 Å². The zero-order valence-electron chi connectivity index (χ0n) is 10.9. The molecule has 0 aromatic heterocycles. The second kappa shape index (κ2) is 6.10. The summed E-state index contributed by atoms with van der Waals surface area (Å²) in [4.78, 5) is 11.6. The molecule has 0 unspecified atom stereocenters. The number of carbonyl (C=O) groups excluding carboxylic acids is 1. The monoisotopic (exact) mass is 273 g/mol. The summed E-state index contributed by atoms with van der Waals surface area (Å²) in [6, 6.07) is 10.9. The standard InChI is InChI=1S/C16H13F2NO/c1-11-2-4-12(5-3-11)6-9-16(20)19-13-7-8-14(17)15(18)10-13/h2-10H,1H3,(H,19,20). The number of rotatable bonds is 3. The van der Waals surface area contributed by atoms with Crippen molar-refractivity contribution in [2.75, 3.05) is 5.32 Å². The van der Waals surface area contributed by atoms with Gasteiger partial charge in [-0.15, -0.1) is 0 Å². The quantitative estimate of drug-likeness (QED) is 0.844. The molecule has 0 bridgehead atoms. The minimum absolute atomic E-state index is 0.211. The lowest BCUT2D eigenvalue weighted by atomic mass is 10.1. The van der Waals surface area contributed by atoms with Crippen LogP contribution in [0.2, 0.25) is 0 Å². The summed E-state index contributed by atoms with van der Waals surface area (Å²) in [5.41, 5.74) is 2.23. The molecule has 2 aromatic rings. The average Bonchev–Trinajstić information content (AvgIpc) is 2.42. The number of aryl methyl sites for hydroxylation is 1. The fourth-order valence-corrected chi connectivity index (χ4v) is 1.61. The molecule has 0 atom stereocenters. The Balaban J connectivity index is 2.01. The number of hydrogen-bond donors (Lipinski definition) is 1. The van der Waals surface area contributed by atoms with Gasteiger partial charge in [0.2, 0.25) is 5.91 Å². The van der Waals surface area contributed by atoms with Gasteiger partial charge in [0.25, 0.3) is 0 Å². The summed E-state index contributed by atoms with van der Waals surface area (Å²) < 4.78 is 25.7. The number of amides is 1. The van der Waals surface area contributed by atoms with Crippen molar-refractivity contribution in [1.29, 1.82) is 0 Å². The van der Waals surface area contributed by atoms with Crippen LogP contribution in [0.3, 0.4) is 0 Å². The van der Waals surface area contributed by atoms with Crippen LogP contribution < -0.4 is 5.32 Å². The summed E-state index contributed by atoms with van der Waals surface area (Å²) in [5.74, 6) is -2.35. The molecule has 0 radical (unpaired) electrons. The number of carbonyl (C=O) groups is 1. The van der Waals surface area contributed by atoms with Crippen molar-refractivity contribution in [3.05, 3.63) is 71.3 Å². The lowest BCUT2D eigenvalue weighted by Gasteiger charge is -2.02. The lowest BCUT2D eigenvalue weighted by molar-refractivity contribution is -0.111. The first-order chi connectivity index (χ1) is 9.54. The third-order valence-corrected chi connectivity index (χ3v) is 2.69. The Bertz CT molecular complexity index is 648. The molecule has 0 aliphatic heterocycles. The largest absolute Gasteiger partial charge is 0.322 e. The molecule has 0 heterocycles. The topological polar surface area (TPSA) is 29.1 Å². The molecule has 1 amide bonds. The fourth-order valence-electron chi connectivity index (χ4n) is 1.61. The van der Waals surface area contributed by atoms with Crippen LogP contribution in [0.1, 0.15) is 11.1 Å². The fraction of sp³-hybridized carbons (Fsp3) is 0.0625. The molecule has 0 fully saturated rings. The minimum Gasteiger partial charge on any atom is -0.322 e. The molecule has 2 aromatic carbocycles. The highest BCUT2D eigenvalue weighted by molar-refractivity contribution is 6.01. The molecular weight excluding hydrogens is 260 g/mol. The molecule has 4 heteroatoms. The van der Waals surface area contributed by atoms with Crippen molar-refractivity contribution in [3.63, 3.8) is 0 Å². The summed E-state index contributed by atoms with van der Waals surface area (Å²) in [6.07, 6.45) is 2.99. The maximum Gasteiger partial charge on any atom is 0.248 e. The van der Waals surface area contributed by atoms with Crippen LogP contribution >= 0.6 is 0 Å². The van der Waals surface area contributed by atoms with Gasteiger partial charge in [0, 0.05) is 17.8 Å². The van der Waals surface area contributed by atoms with E-state index in [-0.39, 0.29) is 5.69 Å². The molecule has 0 saturated heterocycles. The highest BCUT2D eigenvalue weighted by atomic mass is 19.2. The molecule has 0 saturated carbocycles. The van der Waals surface area contributed by atoms with Crippen LogP contribution in [0.25, 0.3) is 6.08 Å². The first kappa shape index (κ1) is 13.9. The lowest BCUT2D eigenvalue weighted by Crippen LogP contribution is -2.08. The van der Waals surface area contributed by atoms with Gasteiger partial charge in [0.05, 0.1) is 0 Å². The molecule has 0 aliphatic carbocycles. The number of anilines is 1. The van der Waals surface area contributed by atoms with E-state index in [1.54, 1.807) is 6.08 Å². The maximum atomic E-state index is 13.0. The average molecular weight is 273 g/mol. The Morgan fingerprint density at radius 1 is 1.05 bits per heavy atom. The van der Waals surface area contributed by atoms with Gasteiger partial charge in [-0.3, -0.25) is 4.79 Å². The Labute approximate surface area is 115 Å². The summed E-state index contributed by atoms with van der Waals surface area (Å²) >= 11 is 0. The van der Waals surface area contributed by atoms with Gasteiger partial charge >= 0.3 is 0 Å². The van der Waals surface area contributed by atoms with Crippen molar-refractivity contribution in [3.8, 4) is 0 Å². The minimum atomic E-state index is -0.995. The molecule has 0 aliphatic rings. The predicted octanol–water partition coefficient (Wildman–Crippen LogP) is 3.93. The van der Waals surface area contributed by atoms with E-state index < -0.39 is 17.5 Å². The third kappa shape index (κ3) is 3.75. The van der Waals surface area contributed by atoms with Crippen molar-refractivity contribution in [2.45, 2.75) is 6.92 Å². The van der Waals surface area contributed by atoms with E-state index in [2.05, 4.69) is 5.32 Å². The van der Waals surface area contributed by atoms with E-state index in [4.69, 9.17) is 0 Å². The molecular formula is C16H13F2NO. The van der Waals surface area contributed by atoms with Gasteiger partial charge in [-0.25, -0.2) is 8.78 Å². The number of benzene rings is 2. The molecule has 0 spiro atoms. The molecule has 102 valence electrons. The van der Waals surface area contributed by atoms with E-state index in [1.807, 2.05) is 31.2 Å². The van der Waals surface area contributed by atoms with Gasteiger partial charge in [-0.2, -0.15) is 0 Å². The van der Waals surface area contributed by atoms with Crippen LogP contribution in [0.5, 0.6) is 0 Å². The third-order valence-electron chi connectivity index (χ3n) is 2.69. The van der Waals surface area contributed by atoms with E-state index in [0.29, 0.717) is 0 Å². The zero-order valence-corrected chi connectivity index (χ0v) is 10.9. The van der Waals surface area contributed by atoms with Gasteiger partial charge in [-0.1, -0.05) is 29.8 Å². The van der Waals surface area contributed by atoms with Crippen LogP contribution in [0.15, 0.2) is 48.5 Å². The predicted molar refractivity (Wildman–Crippen MR) is 75.2 cm³/mol. The second-order valence-corrected chi connectivity index (χ2v) is 4.36. The first-order valence-corrected chi connectivity index (χ1v) is 6.05. The Hall–Kier alpha value is -2.49. The highest BCUT2D eigenvalue weighted by Crippen LogP contribution is 2.13. The van der Waals surface area contributed by atoms with Crippen molar-refractivity contribution >= 4 is 17.7 Å². The Kier molecular flexibility index (Phi) is 4.25. The van der Waals surface area contributed by atoms with E-state index in [1.165, 1.54) is 12.1 Å². The Morgan fingerprint density at radius 3 is 2.40 bits per heavy atom. The molecule has 2 nitrogen and oxygen atoms in total. The second-order valence-electron chi connectivity index (χ2n) is 4.36. The normalized spacial score (nSPS) is 10.8. The van der Waals surface area contributed by atoms with Crippen LogP contribution in [0, 0.1) is 18.6 Å². The molecule has 2 rings (SSSR count). The van der Waals surface area contributed by atoms with Gasteiger partial charge < -0.3 is 5.32 Å². The highest BCUT2D eigenvalue weighted by Gasteiger charge is 2.03. The van der Waals surface area contributed by atoms with E-state index in [9.17, 15) is 13.6 Å². The first-order valence-electron chi connectivity index (χ1n) is 6.05. The number of nitrogens with one attached hydrogen (secondary N) is 1. The van der Waals surface area contributed by atoms with Gasteiger partial charge in [0.1, 0.15) is 0 Å². The smallest absolute Gasteiger partial charge is 0.248 e. The summed E-state index contributed by atoms with van der Waals surface area (Å²) in [5, 5.41) is 2.46. The maximum absolute atomic E-state index is 13.0. The van der Waals surface area contributed by atoms with Gasteiger partial charge in [-0.05, 0) is 30.7 Å². The molecule has 20 heavy (non-hydrogen) atoms. The van der Waals surface area contributed by atoms with E-state index >= 15 is 0 Å². The van der Waals surface area contributed by atoms with Crippen LogP contribution in [0.4, 0.5) is 14.5 Å². The Morgan fingerprint density at radius 2 is 1.75 bits per heavy atom. The zero-order chi connectivity index (χ0) is 14.5. The van der Waals surface area contributed by atoms with E-state index in [0.717, 1.165) is 23.3 Å². The van der Waals surface area contributed by atoms with Crippen LogP contribution in [-0.2, 0) is 4.79 Å². The van der Waals surface area contributed by atoms with Crippen LogP contribution in [-0.4, -0.2) is 5.91 Å². The number of hydrogen-bond acceptors (Lipinski definition) is 1. The number of halogens is 2. The molecule has 1 N–H and O–H groups in total. The summed E-state index contributed by atoms with van der Waals surface area (Å²) in [7, 11) is 0. The van der Waals surface area contributed by atoms with Crippen molar-refractivity contribution < 1.29 is 13.6 Å². The SMILES string of the molecule is Cc1ccc(C=CC(=O)Nc2ccc(F)c(F)c2)cc1. The summed E-state index contributed by atoms with van der Waals surface area (Å²) in [6.45, 7) is 1.98. The van der Waals surface area contributed by atoms with Gasteiger partial charge in [0.15, 0.2) is 11.6 Å². The van der Waals surface area contributed by atoms with Crippen molar-refractivity contribution in [1.82, 2.24) is 0 Å².